The van der Waals surface area contributed by atoms with E-state index in [0.29, 0.717) is 34.1 Å². The maximum absolute atomic E-state index is 6.08. The van der Waals surface area contributed by atoms with Gasteiger partial charge in [0.15, 0.2) is 10.9 Å². The Kier molecular flexibility index (Phi) is 6.56. The Labute approximate surface area is 195 Å². The summed E-state index contributed by atoms with van der Waals surface area (Å²) in [5, 5.41) is 17.1. The number of nitrogens with zero attached hydrogens (tertiary/aromatic N) is 4. The third-order valence-corrected chi connectivity index (χ3v) is 5.24. The van der Waals surface area contributed by atoms with Gasteiger partial charge in [-0.2, -0.15) is 10.2 Å². The van der Waals surface area contributed by atoms with Crippen molar-refractivity contribution in [2.75, 3.05) is 10.6 Å². The summed E-state index contributed by atoms with van der Waals surface area (Å²) in [6, 6.07) is 17.4. The van der Waals surface area contributed by atoms with E-state index in [1.165, 1.54) is 0 Å². The van der Waals surface area contributed by atoms with Gasteiger partial charge in [0.2, 0.25) is 0 Å². The SMILES string of the molecule is Cc1cc(NC(=S)Nc2cnn(Cc3cccc(Cl)c3)c2)nn1Cc1cccc(Cl)c1. The first kappa shape index (κ1) is 21.4. The first-order valence-corrected chi connectivity index (χ1v) is 10.7. The lowest BCUT2D eigenvalue weighted by molar-refractivity contribution is 0.668. The minimum atomic E-state index is 0.440. The van der Waals surface area contributed by atoms with Crippen LogP contribution in [0.2, 0.25) is 10.0 Å². The molecule has 0 atom stereocenters. The van der Waals surface area contributed by atoms with E-state index in [-0.39, 0.29) is 0 Å². The second-order valence-corrected chi connectivity index (χ2v) is 8.38. The lowest BCUT2D eigenvalue weighted by Crippen LogP contribution is -2.19. The molecule has 0 unspecified atom stereocenters. The molecule has 2 N–H and O–H groups in total. The van der Waals surface area contributed by atoms with Crippen molar-refractivity contribution < 1.29 is 0 Å². The number of rotatable bonds is 6. The quantitative estimate of drug-likeness (QED) is 0.359. The van der Waals surface area contributed by atoms with E-state index in [9.17, 15) is 0 Å². The van der Waals surface area contributed by atoms with Crippen molar-refractivity contribution in [3.63, 3.8) is 0 Å². The normalized spacial score (nSPS) is 10.8. The average molecular weight is 471 g/mol. The topological polar surface area (TPSA) is 59.7 Å². The minimum Gasteiger partial charge on any atom is -0.330 e. The molecule has 2 aromatic heterocycles. The summed E-state index contributed by atoms with van der Waals surface area (Å²) in [6.07, 6.45) is 3.61. The molecule has 4 aromatic rings. The molecule has 0 radical (unpaired) electrons. The van der Waals surface area contributed by atoms with Gasteiger partial charge in [0.1, 0.15) is 0 Å². The van der Waals surface area contributed by atoms with Gasteiger partial charge in [0.25, 0.3) is 0 Å². The number of nitrogens with one attached hydrogen (secondary N) is 2. The molecule has 9 heteroatoms. The van der Waals surface area contributed by atoms with E-state index in [4.69, 9.17) is 35.4 Å². The van der Waals surface area contributed by atoms with Crippen LogP contribution < -0.4 is 10.6 Å². The predicted molar refractivity (Wildman–Crippen MR) is 130 cm³/mol. The fourth-order valence-corrected chi connectivity index (χ4v) is 3.80. The molecule has 4 rings (SSSR count). The summed E-state index contributed by atoms with van der Waals surface area (Å²) >= 11 is 17.6. The van der Waals surface area contributed by atoms with Gasteiger partial charge in [0.05, 0.1) is 25.0 Å². The van der Waals surface area contributed by atoms with Crippen LogP contribution in [0.15, 0.2) is 67.0 Å². The third kappa shape index (κ3) is 5.85. The molecule has 31 heavy (non-hydrogen) atoms. The molecule has 0 spiro atoms. The van der Waals surface area contributed by atoms with Gasteiger partial charge in [-0.1, -0.05) is 47.5 Å². The number of aryl methyl sites for hydroxylation is 1. The van der Waals surface area contributed by atoms with E-state index in [0.717, 1.165) is 22.5 Å². The summed E-state index contributed by atoms with van der Waals surface area (Å²) in [6.45, 7) is 3.25. The molecule has 2 heterocycles. The monoisotopic (exact) mass is 470 g/mol. The second-order valence-electron chi connectivity index (χ2n) is 7.09. The molecule has 0 fully saturated rings. The van der Waals surface area contributed by atoms with E-state index < -0.39 is 0 Å². The standard InChI is InChI=1S/C22H20Cl2N6S/c1-15-8-21(28-30(15)13-17-5-3-7-19(24)10-17)27-22(31)26-20-11-25-29(14-20)12-16-4-2-6-18(23)9-16/h2-11,14H,12-13H2,1H3,(H2,26,27,28,31). The van der Waals surface area contributed by atoms with Gasteiger partial charge >= 0.3 is 0 Å². The number of benzene rings is 2. The smallest absolute Gasteiger partial charge is 0.176 e. The van der Waals surface area contributed by atoms with Crippen molar-refractivity contribution in [1.82, 2.24) is 19.6 Å². The van der Waals surface area contributed by atoms with Crippen molar-refractivity contribution in [2.45, 2.75) is 20.0 Å². The fraction of sp³-hybridized carbons (Fsp3) is 0.136. The number of anilines is 2. The molecular formula is C22H20Cl2N6S. The molecular weight excluding hydrogens is 451 g/mol. The zero-order chi connectivity index (χ0) is 21.8. The van der Waals surface area contributed by atoms with Crippen LogP contribution in [0, 0.1) is 6.92 Å². The lowest BCUT2D eigenvalue weighted by atomic mass is 10.2. The second kappa shape index (κ2) is 9.51. The molecule has 0 saturated carbocycles. The Morgan fingerprint density at radius 2 is 1.65 bits per heavy atom. The molecule has 0 amide bonds. The Hall–Kier alpha value is -2.87. The predicted octanol–water partition coefficient (Wildman–Crippen LogP) is 5.60. The van der Waals surface area contributed by atoms with Crippen molar-refractivity contribution in [2.24, 2.45) is 0 Å². The van der Waals surface area contributed by atoms with Crippen LogP contribution in [-0.4, -0.2) is 24.7 Å². The van der Waals surface area contributed by atoms with E-state index in [2.05, 4.69) is 20.8 Å². The average Bonchev–Trinajstić information content (AvgIpc) is 3.27. The minimum absolute atomic E-state index is 0.440. The van der Waals surface area contributed by atoms with Crippen molar-refractivity contribution in [1.29, 1.82) is 0 Å². The van der Waals surface area contributed by atoms with Crippen LogP contribution in [-0.2, 0) is 13.1 Å². The molecule has 158 valence electrons. The van der Waals surface area contributed by atoms with Crippen LogP contribution in [0.25, 0.3) is 0 Å². The van der Waals surface area contributed by atoms with E-state index in [1.54, 1.807) is 6.20 Å². The van der Waals surface area contributed by atoms with Crippen molar-refractivity contribution in [3.8, 4) is 0 Å². The van der Waals surface area contributed by atoms with Gasteiger partial charge in [0, 0.05) is 28.0 Å². The summed E-state index contributed by atoms with van der Waals surface area (Å²) in [4.78, 5) is 0. The van der Waals surface area contributed by atoms with Crippen LogP contribution in [0.4, 0.5) is 11.5 Å². The maximum atomic E-state index is 6.08. The zero-order valence-corrected chi connectivity index (χ0v) is 19.0. The fourth-order valence-electron chi connectivity index (χ4n) is 3.16. The number of halogens is 2. The number of aromatic nitrogens is 4. The van der Waals surface area contributed by atoms with Gasteiger partial charge in [-0.3, -0.25) is 9.36 Å². The molecule has 0 aliphatic carbocycles. The third-order valence-electron chi connectivity index (χ3n) is 4.57. The zero-order valence-electron chi connectivity index (χ0n) is 16.7. The first-order chi connectivity index (χ1) is 14.9. The summed E-state index contributed by atoms with van der Waals surface area (Å²) in [5.41, 5.74) is 3.95. The molecule has 2 aromatic carbocycles. The highest BCUT2D eigenvalue weighted by molar-refractivity contribution is 7.80. The Morgan fingerprint density at radius 3 is 2.32 bits per heavy atom. The van der Waals surface area contributed by atoms with Gasteiger partial charge in [-0.15, -0.1) is 0 Å². The number of hydrogen-bond acceptors (Lipinski definition) is 3. The highest BCUT2D eigenvalue weighted by Gasteiger charge is 2.08. The van der Waals surface area contributed by atoms with Crippen molar-refractivity contribution in [3.05, 3.63) is 93.9 Å². The Morgan fingerprint density at radius 1 is 0.968 bits per heavy atom. The molecule has 6 nitrogen and oxygen atoms in total. The summed E-state index contributed by atoms with van der Waals surface area (Å²) in [7, 11) is 0. The van der Waals surface area contributed by atoms with Crippen LogP contribution in [0.3, 0.4) is 0 Å². The van der Waals surface area contributed by atoms with Crippen LogP contribution in [0.1, 0.15) is 16.8 Å². The molecule has 0 bridgehead atoms. The maximum Gasteiger partial charge on any atom is 0.176 e. The molecule has 0 aliphatic rings. The number of hydrogen-bond donors (Lipinski definition) is 2. The largest absolute Gasteiger partial charge is 0.330 e. The highest BCUT2D eigenvalue weighted by atomic mass is 35.5. The lowest BCUT2D eigenvalue weighted by Gasteiger charge is -2.07. The van der Waals surface area contributed by atoms with Gasteiger partial charge < -0.3 is 10.6 Å². The number of thiocarbonyl (C=S) groups is 1. The first-order valence-electron chi connectivity index (χ1n) is 9.58. The molecule has 0 saturated heterocycles. The highest BCUT2D eigenvalue weighted by Crippen LogP contribution is 2.16. The van der Waals surface area contributed by atoms with Crippen LogP contribution >= 0.6 is 35.4 Å². The Balaban J connectivity index is 1.35. The van der Waals surface area contributed by atoms with Gasteiger partial charge in [-0.25, -0.2) is 0 Å². The van der Waals surface area contributed by atoms with Crippen molar-refractivity contribution >= 4 is 52.0 Å². The molecule has 0 aliphatic heterocycles. The van der Waals surface area contributed by atoms with E-state index >= 15 is 0 Å². The van der Waals surface area contributed by atoms with Crippen LogP contribution in [0.5, 0.6) is 0 Å². The Bertz CT molecular complexity index is 1220. The summed E-state index contributed by atoms with van der Waals surface area (Å²) in [5.74, 6) is 0.670. The summed E-state index contributed by atoms with van der Waals surface area (Å²) < 4.78 is 3.72. The van der Waals surface area contributed by atoms with E-state index in [1.807, 2.05) is 77.1 Å². The van der Waals surface area contributed by atoms with Gasteiger partial charge in [-0.05, 0) is 54.5 Å².